The zero-order chi connectivity index (χ0) is 13.3. The van der Waals surface area contributed by atoms with E-state index >= 15 is 0 Å². The molecule has 1 fully saturated rings. The average molecular weight is 248 g/mol. The first-order valence-corrected chi connectivity index (χ1v) is 5.85. The molecule has 0 N–H and O–H groups in total. The monoisotopic (exact) mass is 248 g/mol. The minimum atomic E-state index is -0.829. The largest absolute Gasteiger partial charge is 0.462 e. The van der Waals surface area contributed by atoms with Crippen LogP contribution in [0.1, 0.15) is 29.8 Å². The van der Waals surface area contributed by atoms with Gasteiger partial charge in [0.15, 0.2) is 0 Å². The van der Waals surface area contributed by atoms with Crippen LogP contribution in [0.25, 0.3) is 0 Å². The molecule has 1 aliphatic heterocycles. The Morgan fingerprint density at radius 3 is 2.61 bits per heavy atom. The lowest BCUT2D eigenvalue weighted by atomic mass is 9.90. The van der Waals surface area contributed by atoms with E-state index in [2.05, 4.69) is 0 Å². The highest BCUT2D eigenvalue weighted by atomic mass is 16.6. The van der Waals surface area contributed by atoms with Crippen molar-refractivity contribution in [3.8, 4) is 0 Å². The molecule has 0 bridgehead atoms. The number of aryl methyl sites for hydroxylation is 1. The van der Waals surface area contributed by atoms with Crippen LogP contribution in [-0.2, 0) is 14.3 Å². The van der Waals surface area contributed by atoms with Crippen molar-refractivity contribution in [1.82, 2.24) is 0 Å². The summed E-state index contributed by atoms with van der Waals surface area (Å²) < 4.78 is 10.2. The Kier molecular flexibility index (Phi) is 3.11. The average Bonchev–Trinajstić information content (AvgIpc) is 2.56. The second kappa shape index (κ2) is 4.44. The third-order valence-electron chi connectivity index (χ3n) is 3.10. The van der Waals surface area contributed by atoms with Crippen molar-refractivity contribution in [2.24, 2.45) is 5.41 Å². The lowest BCUT2D eigenvalue weighted by molar-refractivity contribution is -0.145. The number of rotatable bonds is 2. The summed E-state index contributed by atoms with van der Waals surface area (Å²) >= 11 is 0. The van der Waals surface area contributed by atoms with Crippen LogP contribution in [0.4, 0.5) is 0 Å². The van der Waals surface area contributed by atoms with Gasteiger partial charge < -0.3 is 9.47 Å². The van der Waals surface area contributed by atoms with Crippen molar-refractivity contribution in [3.63, 3.8) is 0 Å². The number of carbonyl (C=O) groups is 2. The first kappa shape index (κ1) is 12.6. The molecule has 1 atom stereocenters. The summed E-state index contributed by atoms with van der Waals surface area (Å²) in [5.74, 6) is -0.952. The van der Waals surface area contributed by atoms with Crippen molar-refractivity contribution in [2.45, 2.75) is 26.9 Å². The van der Waals surface area contributed by atoms with Gasteiger partial charge in [-0.15, -0.1) is 0 Å². The number of hydrogen-bond donors (Lipinski definition) is 0. The molecule has 0 aromatic heterocycles. The maximum atomic E-state index is 12.0. The first-order valence-electron chi connectivity index (χ1n) is 5.85. The summed E-state index contributed by atoms with van der Waals surface area (Å²) in [6.45, 7) is 5.79. The van der Waals surface area contributed by atoms with Crippen LogP contribution in [0.15, 0.2) is 24.3 Å². The second-order valence-electron chi connectivity index (χ2n) is 5.20. The summed E-state index contributed by atoms with van der Waals surface area (Å²) in [5.41, 5.74) is 0.828. The van der Waals surface area contributed by atoms with Crippen molar-refractivity contribution in [3.05, 3.63) is 35.4 Å². The van der Waals surface area contributed by atoms with Gasteiger partial charge in [0, 0.05) is 5.41 Å². The van der Waals surface area contributed by atoms with E-state index in [9.17, 15) is 9.59 Å². The van der Waals surface area contributed by atoms with E-state index in [1.165, 1.54) is 0 Å². The maximum Gasteiger partial charge on any atom is 0.348 e. The van der Waals surface area contributed by atoms with Crippen LogP contribution in [0, 0.1) is 12.3 Å². The van der Waals surface area contributed by atoms with E-state index in [0.717, 1.165) is 5.56 Å². The minimum absolute atomic E-state index is 0.275. The van der Waals surface area contributed by atoms with E-state index in [1.807, 2.05) is 32.9 Å². The number of cyclic esters (lactones) is 1. The number of benzene rings is 1. The molecule has 0 saturated carbocycles. The third-order valence-corrected chi connectivity index (χ3v) is 3.10. The Bertz CT molecular complexity index is 490. The summed E-state index contributed by atoms with van der Waals surface area (Å²) in [7, 11) is 0. The first-order chi connectivity index (χ1) is 8.42. The summed E-state index contributed by atoms with van der Waals surface area (Å²) in [6.07, 6.45) is -0.829. The van der Waals surface area contributed by atoms with Gasteiger partial charge in [0.1, 0.15) is 6.61 Å². The van der Waals surface area contributed by atoms with Gasteiger partial charge in [-0.2, -0.15) is 0 Å². The molecule has 0 radical (unpaired) electrons. The molecule has 1 aromatic rings. The lowest BCUT2D eigenvalue weighted by Crippen LogP contribution is -2.35. The molecule has 1 heterocycles. The van der Waals surface area contributed by atoms with Gasteiger partial charge in [0.2, 0.25) is 6.10 Å². The summed E-state index contributed by atoms with van der Waals surface area (Å²) in [5, 5.41) is 0. The Hall–Kier alpha value is -1.84. The van der Waals surface area contributed by atoms with Crippen LogP contribution in [0.2, 0.25) is 0 Å². The molecular weight excluding hydrogens is 232 g/mol. The number of hydrogen-bond acceptors (Lipinski definition) is 4. The predicted octanol–water partition coefficient (Wildman–Crippen LogP) is 2.10. The van der Waals surface area contributed by atoms with Gasteiger partial charge in [-0.05, 0) is 18.6 Å². The van der Waals surface area contributed by atoms with Crippen molar-refractivity contribution in [1.29, 1.82) is 0 Å². The van der Waals surface area contributed by atoms with Crippen LogP contribution in [-0.4, -0.2) is 24.6 Å². The third kappa shape index (κ3) is 2.23. The van der Waals surface area contributed by atoms with E-state index in [-0.39, 0.29) is 6.61 Å². The van der Waals surface area contributed by atoms with Crippen LogP contribution in [0.5, 0.6) is 0 Å². The quantitative estimate of drug-likeness (QED) is 0.752. The number of carbonyl (C=O) groups excluding carboxylic acids is 2. The zero-order valence-corrected chi connectivity index (χ0v) is 10.7. The van der Waals surface area contributed by atoms with E-state index < -0.39 is 23.5 Å². The standard InChI is InChI=1S/C14H16O4/c1-9-6-4-5-7-10(9)12(15)18-11-13(16)17-8-14(11,2)3/h4-7,11H,8H2,1-3H3/t11-/m0/s1. The highest BCUT2D eigenvalue weighted by Gasteiger charge is 2.46. The topological polar surface area (TPSA) is 52.6 Å². The molecule has 1 aromatic carbocycles. The number of esters is 2. The molecule has 4 nitrogen and oxygen atoms in total. The molecule has 2 rings (SSSR count). The molecule has 4 heteroatoms. The molecule has 0 amide bonds. The molecule has 0 aliphatic carbocycles. The second-order valence-corrected chi connectivity index (χ2v) is 5.20. The zero-order valence-electron chi connectivity index (χ0n) is 10.7. The van der Waals surface area contributed by atoms with Gasteiger partial charge in [-0.1, -0.05) is 32.0 Å². The fourth-order valence-electron chi connectivity index (χ4n) is 1.91. The molecule has 18 heavy (non-hydrogen) atoms. The molecule has 1 aliphatic rings. The van der Waals surface area contributed by atoms with E-state index in [1.54, 1.807) is 12.1 Å². The SMILES string of the molecule is Cc1ccccc1C(=O)O[C@H]1C(=O)OCC1(C)C. The van der Waals surface area contributed by atoms with Gasteiger partial charge in [0.05, 0.1) is 5.56 Å². The van der Waals surface area contributed by atoms with Crippen molar-refractivity contribution < 1.29 is 19.1 Å². The van der Waals surface area contributed by atoms with Crippen molar-refractivity contribution >= 4 is 11.9 Å². The van der Waals surface area contributed by atoms with E-state index in [4.69, 9.17) is 9.47 Å². The normalized spacial score (nSPS) is 21.5. The van der Waals surface area contributed by atoms with Crippen molar-refractivity contribution in [2.75, 3.05) is 6.61 Å². The summed E-state index contributed by atoms with van der Waals surface area (Å²) in [6, 6.07) is 7.13. The summed E-state index contributed by atoms with van der Waals surface area (Å²) in [4.78, 5) is 23.6. The Labute approximate surface area is 106 Å². The molecular formula is C14H16O4. The smallest absolute Gasteiger partial charge is 0.348 e. The predicted molar refractivity (Wildman–Crippen MR) is 65.1 cm³/mol. The highest BCUT2D eigenvalue weighted by molar-refractivity contribution is 5.93. The fourth-order valence-corrected chi connectivity index (χ4v) is 1.91. The van der Waals surface area contributed by atoms with Crippen LogP contribution < -0.4 is 0 Å². The molecule has 96 valence electrons. The molecule has 0 spiro atoms. The van der Waals surface area contributed by atoms with Gasteiger partial charge in [0.25, 0.3) is 0 Å². The lowest BCUT2D eigenvalue weighted by Gasteiger charge is -2.21. The Morgan fingerprint density at radius 1 is 1.39 bits per heavy atom. The van der Waals surface area contributed by atoms with Gasteiger partial charge in [-0.3, -0.25) is 0 Å². The minimum Gasteiger partial charge on any atom is -0.462 e. The molecule has 1 saturated heterocycles. The maximum absolute atomic E-state index is 12.0. The van der Waals surface area contributed by atoms with Gasteiger partial charge >= 0.3 is 11.9 Å². The fraction of sp³-hybridized carbons (Fsp3) is 0.429. The van der Waals surface area contributed by atoms with Crippen LogP contribution in [0.3, 0.4) is 0 Å². The van der Waals surface area contributed by atoms with Crippen LogP contribution >= 0.6 is 0 Å². The Balaban J connectivity index is 2.18. The van der Waals surface area contributed by atoms with Gasteiger partial charge in [-0.25, -0.2) is 9.59 Å². The highest BCUT2D eigenvalue weighted by Crippen LogP contribution is 2.31. The Morgan fingerprint density at radius 2 is 2.06 bits per heavy atom. The van der Waals surface area contributed by atoms with E-state index in [0.29, 0.717) is 5.56 Å². The molecule has 0 unspecified atom stereocenters. The number of ether oxygens (including phenoxy) is 2.